The average molecular weight is 1760 g/mol. The van der Waals surface area contributed by atoms with Gasteiger partial charge in [-0.1, -0.05) is 72.3 Å². The lowest BCUT2D eigenvalue weighted by molar-refractivity contribution is -0.286. The van der Waals surface area contributed by atoms with Crippen LogP contribution in [0.1, 0.15) is 126 Å². The number of alkyl halides is 5. The third-order valence-electron chi connectivity index (χ3n) is 25.9. The predicted octanol–water partition coefficient (Wildman–Crippen LogP) is 16.3. The van der Waals surface area contributed by atoms with E-state index < -0.39 is 51.8 Å². The number of likely N-dealkylation sites (tertiary alicyclic amines) is 4. The number of aromatic nitrogens is 8. The van der Waals surface area contributed by atoms with E-state index in [1.807, 2.05) is 179 Å². The Morgan fingerprint density at radius 3 is 1.41 bits per heavy atom. The zero-order chi connectivity index (χ0) is 88.3. The molecule has 0 bridgehead atoms. The number of piperidine rings is 4. The predicted molar refractivity (Wildman–Crippen MR) is 457 cm³/mol. The molecule has 10 aliphatic heterocycles. The first-order chi connectivity index (χ1) is 61.8. The van der Waals surface area contributed by atoms with Crippen LogP contribution in [0.25, 0.3) is 50.4 Å². The smallest absolute Gasteiger partial charge is 0.486 e. The monoisotopic (exact) mass is 1750 g/mol. The highest BCUT2D eigenvalue weighted by Crippen LogP contribution is 2.55. The Balaban J connectivity index is 0.000000107. The highest BCUT2D eigenvalue weighted by atomic mass is 35.5. The highest BCUT2D eigenvalue weighted by molar-refractivity contribution is 6.30. The minimum absolute atomic E-state index is 0.0279. The fraction of sp³-hybridized carbons (Fsp3) is 0.281. The highest BCUT2D eigenvalue weighted by Gasteiger charge is 2.52. The van der Waals surface area contributed by atoms with Gasteiger partial charge in [0.05, 0.1) is 80.9 Å². The zero-order valence-electron chi connectivity index (χ0n) is 69.4. The summed E-state index contributed by atoms with van der Waals surface area (Å²) in [6.45, 7) is 4.76. The van der Waals surface area contributed by atoms with Crippen molar-refractivity contribution in [1.82, 2.24) is 58.5 Å². The van der Waals surface area contributed by atoms with Gasteiger partial charge >= 0.3 is 12.5 Å². The molecule has 4 saturated heterocycles. The van der Waals surface area contributed by atoms with Crippen LogP contribution in [0.3, 0.4) is 0 Å². The van der Waals surface area contributed by atoms with Crippen molar-refractivity contribution in [1.29, 1.82) is 5.26 Å². The number of carbonyl (C=O) groups is 4. The number of rotatable bonds is 4. The number of carbonyl (C=O) groups excluding carboxylic acids is 4. The van der Waals surface area contributed by atoms with Gasteiger partial charge in [0, 0.05) is 193 Å². The van der Waals surface area contributed by atoms with Crippen molar-refractivity contribution < 1.29 is 79.0 Å². The summed E-state index contributed by atoms with van der Waals surface area (Å²) in [4.78, 5) is 75.4. The lowest BCUT2D eigenvalue weighted by Crippen LogP contribution is -2.50. The van der Waals surface area contributed by atoms with E-state index in [-0.39, 0.29) is 51.3 Å². The van der Waals surface area contributed by atoms with Gasteiger partial charge in [0.15, 0.2) is 28.6 Å². The summed E-state index contributed by atoms with van der Waals surface area (Å²) < 4.78 is 120. The first-order valence-electron chi connectivity index (χ1n) is 42.1. The number of para-hydroxylation sites is 5. The Morgan fingerprint density at radius 2 is 0.891 bits per heavy atom. The van der Waals surface area contributed by atoms with Gasteiger partial charge in [-0.25, -0.2) is 0 Å². The second-order valence-corrected chi connectivity index (χ2v) is 33.5. The summed E-state index contributed by atoms with van der Waals surface area (Å²) in [6.07, 6.45) is 5.36. The number of hydrogen-bond acceptors (Lipinski definition) is 17. The zero-order valence-corrected chi connectivity index (χ0v) is 70.1. The molecular weight excluding hydrogens is 1670 g/mol. The molecule has 0 unspecified atom stereocenters. The topological polar surface area (TPSA) is 270 Å². The van der Waals surface area contributed by atoms with E-state index >= 15 is 0 Å². The molecule has 8 aromatic carbocycles. The first-order valence-corrected chi connectivity index (χ1v) is 42.5. The number of halogens is 6. The molecule has 23 rings (SSSR count). The number of nitrogens with one attached hydrogen (secondary N) is 1. The van der Waals surface area contributed by atoms with Gasteiger partial charge in [-0.3, -0.25) is 38.0 Å². The largest absolute Gasteiger partial charge is 0.586 e. The van der Waals surface area contributed by atoms with E-state index in [1.165, 1.54) is 24.4 Å². The Bertz CT molecular complexity index is 6760. The van der Waals surface area contributed by atoms with Crippen LogP contribution in [0.2, 0.25) is 5.02 Å². The second kappa shape index (κ2) is 31.6. The molecule has 1 N–H and O–H groups in total. The summed E-state index contributed by atoms with van der Waals surface area (Å²) in [6, 6.07) is 55.2. The molecule has 5 aromatic heterocycles. The molecule has 4 fully saturated rings. The van der Waals surface area contributed by atoms with E-state index in [1.54, 1.807) is 34.1 Å². The summed E-state index contributed by atoms with van der Waals surface area (Å²) in [5.74, 6) is 3.05. The van der Waals surface area contributed by atoms with Gasteiger partial charge in [0.2, 0.25) is 5.43 Å². The summed E-state index contributed by atoms with van der Waals surface area (Å²) >= 11 is 6.20. The molecule has 0 saturated carbocycles. The first kappa shape index (κ1) is 81.9. The molecule has 15 heterocycles. The SMILES string of the molecule is Cn1ncc2c1-c1ccccc1OC21CCN(C(=O)c2c[nH]c3cc(C(F)(F)F)ccc3c2=O)CC1.Cn1ncc2c1-c1ccccc1OC21CCN(C(=O)c2cccc3c2OC(F)(F)O3)CC1.Cn1ncc2c1-c1ccccc1OC21CCN(C(=O)c2cccc3c2OCCO3)CC1.N#Cc1ccccc1C(=O)N1CCC2(CC1)Oc1cc(Cl)ccc1-n1cccc12. The van der Waals surface area contributed by atoms with Crippen molar-refractivity contribution in [3.8, 4) is 91.5 Å². The fourth-order valence-corrected chi connectivity index (χ4v) is 19.6. The van der Waals surface area contributed by atoms with Gasteiger partial charge in [-0.05, 0) is 115 Å². The number of amides is 4. The van der Waals surface area contributed by atoms with Crippen molar-refractivity contribution in [3.05, 3.63) is 284 Å². The molecule has 650 valence electrons. The van der Waals surface area contributed by atoms with Crippen molar-refractivity contribution in [2.24, 2.45) is 21.1 Å². The lowest BCUT2D eigenvalue weighted by atomic mass is 9.81. The minimum Gasteiger partial charge on any atom is -0.486 e. The van der Waals surface area contributed by atoms with Gasteiger partial charge in [0.1, 0.15) is 58.6 Å². The van der Waals surface area contributed by atoms with E-state index in [9.17, 15) is 51.2 Å². The van der Waals surface area contributed by atoms with Crippen LogP contribution in [0.4, 0.5) is 22.0 Å². The van der Waals surface area contributed by atoms with Crippen LogP contribution < -0.4 is 43.3 Å². The molecule has 0 atom stereocenters. The van der Waals surface area contributed by atoms with Crippen molar-refractivity contribution in [2.75, 3.05) is 65.6 Å². The number of H-pyrrole nitrogens is 1. The van der Waals surface area contributed by atoms with Gasteiger partial charge in [-0.15, -0.1) is 8.78 Å². The Morgan fingerprint density at radius 1 is 0.453 bits per heavy atom. The molecular formula is C96H81ClF5N13O13. The quantitative estimate of drug-likeness (QED) is 0.160. The summed E-state index contributed by atoms with van der Waals surface area (Å²) in [5.41, 5.74) is 9.02. The molecule has 26 nitrogen and oxygen atoms in total. The van der Waals surface area contributed by atoms with Crippen LogP contribution in [0.15, 0.2) is 218 Å². The Kier molecular flexibility index (Phi) is 20.2. The molecule has 13 aromatic rings. The van der Waals surface area contributed by atoms with Crippen LogP contribution in [0, 0.1) is 11.3 Å². The van der Waals surface area contributed by atoms with Crippen LogP contribution in [-0.4, -0.2) is 154 Å². The maximum absolute atomic E-state index is 13.5. The number of nitrogens with zero attached hydrogens (tertiary/aromatic N) is 12. The van der Waals surface area contributed by atoms with Crippen LogP contribution in [-0.2, 0) is 49.7 Å². The Labute approximate surface area is 733 Å². The van der Waals surface area contributed by atoms with Gasteiger partial charge < -0.3 is 67.0 Å². The number of benzene rings is 8. The third kappa shape index (κ3) is 14.1. The second-order valence-electron chi connectivity index (χ2n) is 33.1. The van der Waals surface area contributed by atoms with Crippen LogP contribution in [0.5, 0.6) is 46.0 Å². The normalized spacial score (nSPS) is 17.6. The van der Waals surface area contributed by atoms with Gasteiger partial charge in [-0.2, -0.15) is 33.7 Å². The van der Waals surface area contributed by atoms with E-state index in [4.69, 9.17) is 40.0 Å². The van der Waals surface area contributed by atoms with Gasteiger partial charge in [0.25, 0.3) is 23.6 Å². The van der Waals surface area contributed by atoms with E-state index in [2.05, 4.69) is 52.5 Å². The van der Waals surface area contributed by atoms with E-state index in [0.717, 1.165) is 103 Å². The number of fused-ring (bicyclic) bond motifs is 19. The standard InChI is InChI=1S/C26H21F3N4O3.C24H23N3O4.C23H18ClN3O2.C23H19F2N3O4/c1-32-22-17-4-2-3-5-21(17)36-25(19(22)14-31-32)8-10-33(11-9-25)24(35)18-13-30-20-12-15(26(27,28)29)6-7-16(20)23(18)34;1-26-21-16-5-2-3-7-19(16)31-24(18(21)15-25-26)9-11-27(12-10-24)23(28)17-6-4-8-20-22(17)30-14-13-29-20;24-17-7-8-19-20(14-17)29-23(21-6-3-11-27(19)21)9-12-26(13-10-23)22(28)18-5-2-1-4-16(18)15-25;1-27-19-14-5-2-3-7-17(14)30-22(16(19)13-26-27)9-11-28(12-10-22)21(29)15-6-4-8-18-20(15)32-23(24,25)31-18/h2-7,12-14H,8-11H2,1H3,(H,30,34);2-8,15H,9-14H2,1H3;1-8,11,14H,9-10,12-13H2;2-8,13H,9-12H2,1H3. The van der Waals surface area contributed by atoms with Crippen molar-refractivity contribution in [3.63, 3.8) is 0 Å². The van der Waals surface area contributed by atoms with E-state index in [0.29, 0.717) is 150 Å². The molecule has 0 aliphatic carbocycles. The lowest BCUT2D eigenvalue weighted by Gasteiger charge is -2.45. The molecule has 4 amide bonds. The summed E-state index contributed by atoms with van der Waals surface area (Å²) in [5, 5.41) is 23.4. The molecule has 10 aliphatic rings. The average Bonchev–Trinajstić information content (AvgIpc) is 1.43. The molecule has 128 heavy (non-hydrogen) atoms. The minimum atomic E-state index is -4.53. The molecule has 32 heteroatoms. The van der Waals surface area contributed by atoms with Crippen molar-refractivity contribution in [2.45, 2.75) is 86.2 Å². The number of nitriles is 1. The van der Waals surface area contributed by atoms with Crippen molar-refractivity contribution >= 4 is 46.1 Å². The number of ether oxygens (including phenoxy) is 8. The maximum Gasteiger partial charge on any atom is 0.586 e. The fourth-order valence-electron chi connectivity index (χ4n) is 19.5. The number of aromatic amines is 1. The Hall–Kier alpha value is -14.4. The molecule has 4 spiro atoms. The van der Waals surface area contributed by atoms with Crippen LogP contribution >= 0.6 is 11.6 Å². The summed E-state index contributed by atoms with van der Waals surface area (Å²) in [7, 11) is 5.76. The number of pyridine rings is 1. The third-order valence-corrected chi connectivity index (χ3v) is 26.2. The maximum atomic E-state index is 13.5. The number of hydrogen-bond donors (Lipinski definition) is 1. The number of aryl methyl sites for hydroxylation is 3. The molecule has 0 radical (unpaired) electrons.